The summed E-state index contributed by atoms with van der Waals surface area (Å²) in [7, 11) is 0. The van der Waals surface area contributed by atoms with Crippen molar-refractivity contribution in [3.8, 4) is 0 Å². The molecule has 2 nitrogen and oxygen atoms in total. The average Bonchev–Trinajstić information content (AvgIpc) is 2.41. The molecule has 2 aromatic heterocycles. The van der Waals surface area contributed by atoms with Crippen LogP contribution in [0, 0.1) is 6.92 Å². The summed E-state index contributed by atoms with van der Waals surface area (Å²) in [6.45, 7) is 3.42. The molecule has 0 amide bonds. The second kappa shape index (κ2) is 3.14. The summed E-state index contributed by atoms with van der Waals surface area (Å²) in [5.41, 5.74) is 2.41. The van der Waals surface area contributed by atoms with Crippen LogP contribution < -0.4 is 0 Å². The summed E-state index contributed by atoms with van der Waals surface area (Å²) >= 11 is 6.12. The summed E-state index contributed by atoms with van der Waals surface area (Å²) in [4.78, 5) is 11.4. The van der Waals surface area contributed by atoms with E-state index < -0.39 is 0 Å². The number of carbonyl (C=O) groups excluding carboxylic acids is 1. The van der Waals surface area contributed by atoms with E-state index in [1.165, 1.54) is 0 Å². The molecule has 2 rings (SSSR count). The number of pyridine rings is 1. The molecule has 0 bridgehead atoms. The van der Waals surface area contributed by atoms with Gasteiger partial charge in [0, 0.05) is 13.1 Å². The zero-order valence-electron chi connectivity index (χ0n) is 8.04. The molecule has 0 aromatic carbocycles. The second-order valence-electron chi connectivity index (χ2n) is 3.30. The molecule has 0 aliphatic heterocycles. The second-order valence-corrected chi connectivity index (χ2v) is 3.68. The molecular weight excluding hydrogens is 198 g/mol. The molecule has 0 aliphatic carbocycles. The Morgan fingerprint density at radius 3 is 2.79 bits per heavy atom. The SMILES string of the molecule is CC(=O)c1c(C)c(Cl)c2ccccn12. The molecule has 0 fully saturated rings. The third-order valence-corrected chi connectivity index (χ3v) is 2.82. The first kappa shape index (κ1) is 9.28. The Labute approximate surface area is 87.1 Å². The predicted octanol–water partition coefficient (Wildman–Crippen LogP) is 3.10. The number of hydrogen-bond acceptors (Lipinski definition) is 1. The van der Waals surface area contributed by atoms with E-state index in [0.717, 1.165) is 11.1 Å². The zero-order valence-corrected chi connectivity index (χ0v) is 8.80. The van der Waals surface area contributed by atoms with E-state index in [1.807, 2.05) is 35.7 Å². The van der Waals surface area contributed by atoms with Crippen molar-refractivity contribution in [2.75, 3.05) is 0 Å². The van der Waals surface area contributed by atoms with E-state index in [-0.39, 0.29) is 5.78 Å². The standard InChI is InChI=1S/C11H10ClNO/c1-7-10(12)9-5-3-4-6-13(9)11(7)8(2)14/h3-6H,1-2H3. The molecular formula is C11H10ClNO. The molecule has 2 heterocycles. The van der Waals surface area contributed by atoms with Gasteiger partial charge in [-0.1, -0.05) is 17.7 Å². The van der Waals surface area contributed by atoms with Crippen LogP contribution in [0.3, 0.4) is 0 Å². The highest BCUT2D eigenvalue weighted by molar-refractivity contribution is 6.35. The fraction of sp³-hybridized carbons (Fsp3) is 0.182. The number of carbonyl (C=O) groups is 1. The summed E-state index contributed by atoms with van der Waals surface area (Å²) in [5, 5.41) is 0.663. The molecule has 0 unspecified atom stereocenters. The Morgan fingerprint density at radius 2 is 2.14 bits per heavy atom. The predicted molar refractivity (Wildman–Crippen MR) is 57.1 cm³/mol. The maximum absolute atomic E-state index is 11.4. The van der Waals surface area contributed by atoms with Crippen molar-refractivity contribution in [3.05, 3.63) is 40.7 Å². The molecule has 0 radical (unpaired) electrons. The number of aromatic nitrogens is 1. The van der Waals surface area contributed by atoms with Gasteiger partial charge in [-0.3, -0.25) is 4.79 Å². The fourth-order valence-electron chi connectivity index (χ4n) is 1.73. The molecule has 0 spiro atoms. The molecule has 0 saturated carbocycles. The molecule has 72 valence electrons. The quantitative estimate of drug-likeness (QED) is 0.659. The lowest BCUT2D eigenvalue weighted by Gasteiger charge is -1.98. The lowest BCUT2D eigenvalue weighted by molar-refractivity contribution is 0.101. The van der Waals surface area contributed by atoms with Crippen molar-refractivity contribution in [3.63, 3.8) is 0 Å². The third-order valence-electron chi connectivity index (χ3n) is 2.34. The maximum atomic E-state index is 11.4. The minimum absolute atomic E-state index is 0.0376. The first-order chi connectivity index (χ1) is 6.63. The van der Waals surface area contributed by atoms with Crippen LogP contribution in [0.15, 0.2) is 24.4 Å². The van der Waals surface area contributed by atoms with Crippen LogP contribution in [0.1, 0.15) is 23.0 Å². The average molecular weight is 208 g/mol. The lowest BCUT2D eigenvalue weighted by Crippen LogP contribution is -1.99. The highest BCUT2D eigenvalue weighted by Gasteiger charge is 2.15. The van der Waals surface area contributed by atoms with Crippen molar-refractivity contribution in [1.82, 2.24) is 4.40 Å². The van der Waals surface area contributed by atoms with Crippen LogP contribution in [0.2, 0.25) is 5.02 Å². The number of rotatable bonds is 1. The minimum atomic E-state index is 0.0376. The molecule has 0 saturated heterocycles. The Bertz CT molecular complexity index is 513. The van der Waals surface area contributed by atoms with Crippen molar-refractivity contribution >= 4 is 22.9 Å². The van der Waals surface area contributed by atoms with Crippen LogP contribution in [-0.4, -0.2) is 10.2 Å². The Kier molecular flexibility index (Phi) is 2.08. The van der Waals surface area contributed by atoms with Gasteiger partial charge in [-0.25, -0.2) is 0 Å². The molecule has 2 aromatic rings. The van der Waals surface area contributed by atoms with E-state index in [0.29, 0.717) is 10.7 Å². The van der Waals surface area contributed by atoms with Crippen LogP contribution in [-0.2, 0) is 0 Å². The Balaban J connectivity index is 2.95. The number of hydrogen-bond donors (Lipinski definition) is 0. The van der Waals surface area contributed by atoms with Crippen molar-refractivity contribution in [2.24, 2.45) is 0 Å². The highest BCUT2D eigenvalue weighted by atomic mass is 35.5. The van der Waals surface area contributed by atoms with Crippen molar-refractivity contribution in [1.29, 1.82) is 0 Å². The zero-order chi connectivity index (χ0) is 10.3. The first-order valence-corrected chi connectivity index (χ1v) is 4.77. The van der Waals surface area contributed by atoms with Crippen LogP contribution in [0.4, 0.5) is 0 Å². The Hall–Kier alpha value is -1.28. The van der Waals surface area contributed by atoms with Gasteiger partial charge in [-0.15, -0.1) is 0 Å². The van der Waals surface area contributed by atoms with Gasteiger partial charge in [-0.2, -0.15) is 0 Å². The normalized spacial score (nSPS) is 10.8. The van der Waals surface area contributed by atoms with Crippen LogP contribution in [0.5, 0.6) is 0 Å². The maximum Gasteiger partial charge on any atom is 0.176 e. The van der Waals surface area contributed by atoms with E-state index in [2.05, 4.69) is 0 Å². The molecule has 14 heavy (non-hydrogen) atoms. The van der Waals surface area contributed by atoms with E-state index in [4.69, 9.17) is 11.6 Å². The summed E-state index contributed by atoms with van der Waals surface area (Å²) < 4.78 is 1.83. The number of nitrogens with zero attached hydrogens (tertiary/aromatic N) is 1. The number of ketones is 1. The van der Waals surface area contributed by atoms with Crippen molar-refractivity contribution in [2.45, 2.75) is 13.8 Å². The van der Waals surface area contributed by atoms with Gasteiger partial charge >= 0.3 is 0 Å². The van der Waals surface area contributed by atoms with Gasteiger partial charge < -0.3 is 4.40 Å². The monoisotopic (exact) mass is 207 g/mol. The summed E-state index contributed by atoms with van der Waals surface area (Å²) in [5.74, 6) is 0.0376. The number of Topliss-reactive ketones (excluding diaryl/α,β-unsaturated/α-hetero) is 1. The number of fused-ring (bicyclic) bond motifs is 1. The van der Waals surface area contributed by atoms with Gasteiger partial charge in [0.15, 0.2) is 5.78 Å². The molecule has 0 N–H and O–H groups in total. The topological polar surface area (TPSA) is 21.5 Å². The minimum Gasteiger partial charge on any atom is -0.312 e. The van der Waals surface area contributed by atoms with Gasteiger partial charge in [0.2, 0.25) is 0 Å². The molecule has 0 aliphatic rings. The van der Waals surface area contributed by atoms with Gasteiger partial charge in [0.1, 0.15) is 0 Å². The fourth-order valence-corrected chi connectivity index (χ4v) is 1.97. The Morgan fingerprint density at radius 1 is 1.43 bits per heavy atom. The van der Waals surface area contributed by atoms with Crippen LogP contribution >= 0.6 is 11.6 Å². The van der Waals surface area contributed by atoms with Gasteiger partial charge in [-0.05, 0) is 24.6 Å². The van der Waals surface area contributed by atoms with E-state index in [9.17, 15) is 4.79 Å². The largest absolute Gasteiger partial charge is 0.312 e. The van der Waals surface area contributed by atoms with E-state index in [1.54, 1.807) is 6.92 Å². The molecule has 0 atom stereocenters. The third kappa shape index (κ3) is 1.15. The summed E-state index contributed by atoms with van der Waals surface area (Å²) in [6, 6.07) is 5.70. The van der Waals surface area contributed by atoms with Crippen LogP contribution in [0.25, 0.3) is 5.52 Å². The van der Waals surface area contributed by atoms with Gasteiger partial charge in [0.25, 0.3) is 0 Å². The lowest BCUT2D eigenvalue weighted by atomic mass is 10.2. The first-order valence-electron chi connectivity index (χ1n) is 4.39. The van der Waals surface area contributed by atoms with E-state index >= 15 is 0 Å². The van der Waals surface area contributed by atoms with Crippen molar-refractivity contribution < 1.29 is 4.79 Å². The number of halogens is 1. The molecule has 3 heteroatoms. The van der Waals surface area contributed by atoms with Gasteiger partial charge in [0.05, 0.1) is 16.2 Å². The summed E-state index contributed by atoms with van der Waals surface area (Å²) in [6.07, 6.45) is 1.85. The smallest absolute Gasteiger partial charge is 0.176 e. The highest BCUT2D eigenvalue weighted by Crippen LogP contribution is 2.27.